The van der Waals surface area contributed by atoms with Gasteiger partial charge in [0, 0.05) is 10.4 Å². The molecule has 0 saturated carbocycles. The van der Waals surface area contributed by atoms with Gasteiger partial charge in [0.1, 0.15) is 10.2 Å². The van der Waals surface area contributed by atoms with E-state index >= 15 is 0 Å². The molecule has 1 aliphatic rings. The van der Waals surface area contributed by atoms with Gasteiger partial charge in [0.25, 0.3) is 0 Å². The van der Waals surface area contributed by atoms with Crippen molar-refractivity contribution in [3.05, 3.63) is 50.7 Å². The number of nitrogens with zero attached hydrogens (tertiary/aromatic N) is 1. The third-order valence-electron chi connectivity index (χ3n) is 4.50. The summed E-state index contributed by atoms with van der Waals surface area (Å²) in [6.07, 6.45) is 3.17. The van der Waals surface area contributed by atoms with Crippen molar-refractivity contribution in [1.29, 1.82) is 0 Å². The highest BCUT2D eigenvalue weighted by molar-refractivity contribution is 7.18. The number of hydrogen-bond donors (Lipinski definition) is 0. The molecule has 2 aromatic heterocycles. The van der Waals surface area contributed by atoms with Crippen molar-refractivity contribution < 1.29 is 4.42 Å². The van der Waals surface area contributed by atoms with Crippen LogP contribution in [0.3, 0.4) is 0 Å². The number of thiophene rings is 1. The number of rotatable bonds is 1. The number of aryl methyl sites for hydroxylation is 2. The van der Waals surface area contributed by atoms with Crippen LogP contribution in [0.5, 0.6) is 0 Å². The lowest BCUT2D eigenvalue weighted by atomic mass is 9.87. The van der Waals surface area contributed by atoms with Gasteiger partial charge in [0.05, 0.1) is 0 Å². The van der Waals surface area contributed by atoms with Crippen LogP contribution in [0.1, 0.15) is 43.2 Å². The Balaban J connectivity index is 1.82. The lowest BCUT2D eigenvalue weighted by Crippen LogP contribution is -2.10. The van der Waals surface area contributed by atoms with E-state index in [1.54, 1.807) is 11.3 Å². The summed E-state index contributed by atoms with van der Waals surface area (Å²) in [4.78, 5) is 19.2. The lowest BCUT2D eigenvalue weighted by Gasteiger charge is -2.18. The molecule has 4 rings (SSSR count). The molecule has 0 amide bonds. The number of benzene rings is 1. The lowest BCUT2D eigenvalue weighted by molar-refractivity contribution is 0.518. The van der Waals surface area contributed by atoms with Crippen molar-refractivity contribution in [1.82, 2.24) is 4.98 Å². The fourth-order valence-electron chi connectivity index (χ4n) is 3.17. The molecule has 3 nitrogen and oxygen atoms in total. The average molecular weight is 325 g/mol. The first-order valence-corrected chi connectivity index (χ1v) is 8.81. The average Bonchev–Trinajstić information content (AvgIpc) is 3.06. The predicted molar refractivity (Wildman–Crippen MR) is 94.3 cm³/mol. The quantitative estimate of drug-likeness (QED) is 0.651. The Morgan fingerprint density at radius 2 is 1.87 bits per heavy atom. The van der Waals surface area contributed by atoms with Crippen LogP contribution < -0.4 is 5.63 Å². The smallest absolute Gasteiger partial charge is 0.348 e. The van der Waals surface area contributed by atoms with E-state index in [-0.39, 0.29) is 11.0 Å². The van der Waals surface area contributed by atoms with Crippen LogP contribution in [-0.4, -0.2) is 4.98 Å². The molecule has 0 N–H and O–H groups in total. The molecule has 3 aromatic rings. The summed E-state index contributed by atoms with van der Waals surface area (Å²) in [5, 5.41) is 0.706. The molecule has 0 fully saturated rings. The summed E-state index contributed by atoms with van der Waals surface area (Å²) in [5.41, 5.74) is 3.13. The fourth-order valence-corrected chi connectivity index (χ4v) is 4.41. The van der Waals surface area contributed by atoms with Gasteiger partial charge in [-0.05, 0) is 47.9 Å². The third-order valence-corrected chi connectivity index (χ3v) is 5.68. The van der Waals surface area contributed by atoms with Crippen molar-refractivity contribution in [2.24, 2.45) is 0 Å². The Morgan fingerprint density at radius 1 is 1.13 bits per heavy atom. The summed E-state index contributed by atoms with van der Waals surface area (Å²) < 4.78 is 5.53. The second kappa shape index (κ2) is 5.03. The Morgan fingerprint density at radius 3 is 2.57 bits per heavy atom. The van der Waals surface area contributed by atoms with Crippen LogP contribution in [0.4, 0.5) is 0 Å². The second-order valence-electron chi connectivity index (χ2n) is 7.17. The van der Waals surface area contributed by atoms with Crippen LogP contribution in [0.15, 0.2) is 33.5 Å². The van der Waals surface area contributed by atoms with Crippen LogP contribution >= 0.6 is 11.3 Å². The molecule has 0 spiro atoms. The summed E-state index contributed by atoms with van der Waals surface area (Å²) in [6, 6.07) is 8.13. The summed E-state index contributed by atoms with van der Waals surface area (Å²) >= 11 is 1.65. The maximum Gasteiger partial charge on any atom is 0.348 e. The van der Waals surface area contributed by atoms with Gasteiger partial charge in [0.2, 0.25) is 5.89 Å². The Hall–Kier alpha value is -1.94. The van der Waals surface area contributed by atoms with Gasteiger partial charge in [-0.2, -0.15) is 0 Å². The first-order chi connectivity index (χ1) is 10.9. The van der Waals surface area contributed by atoms with E-state index in [4.69, 9.17) is 4.42 Å². The van der Waals surface area contributed by atoms with Crippen molar-refractivity contribution in [2.45, 2.75) is 45.4 Å². The first-order valence-electron chi connectivity index (χ1n) is 8.00. The van der Waals surface area contributed by atoms with Crippen LogP contribution in [0.2, 0.25) is 0 Å². The van der Waals surface area contributed by atoms with Gasteiger partial charge in [-0.3, -0.25) is 0 Å². The van der Waals surface area contributed by atoms with Crippen LogP contribution in [0, 0.1) is 0 Å². The minimum Gasteiger partial charge on any atom is -0.403 e. The van der Waals surface area contributed by atoms with Gasteiger partial charge in [-0.15, -0.1) is 11.3 Å². The van der Waals surface area contributed by atoms with Crippen molar-refractivity contribution in [2.75, 3.05) is 0 Å². The molecule has 0 atom stereocenters. The van der Waals surface area contributed by atoms with Gasteiger partial charge >= 0.3 is 5.63 Å². The molecule has 1 aromatic carbocycles. The number of hydrogen-bond acceptors (Lipinski definition) is 4. The molecule has 118 valence electrons. The minimum absolute atomic E-state index is 0.102. The predicted octanol–water partition coefficient (Wildman–Crippen LogP) is 4.70. The maximum atomic E-state index is 12.4. The van der Waals surface area contributed by atoms with Gasteiger partial charge in [0.15, 0.2) is 0 Å². The van der Waals surface area contributed by atoms with Crippen molar-refractivity contribution in [3.63, 3.8) is 0 Å². The number of aromatic nitrogens is 1. The Labute approximate surface area is 139 Å². The minimum atomic E-state index is -0.246. The zero-order chi connectivity index (χ0) is 16.2. The van der Waals surface area contributed by atoms with E-state index in [0.717, 1.165) is 29.7 Å². The SMILES string of the molecule is CC(C)(C)c1ccc(-c2nc3sc4c(c3c(=O)o2)CCC4)cc1. The largest absolute Gasteiger partial charge is 0.403 e. The molecule has 0 unspecified atom stereocenters. The molecule has 0 saturated heterocycles. The van der Waals surface area contributed by atoms with Gasteiger partial charge in [-0.25, -0.2) is 9.78 Å². The first kappa shape index (κ1) is 14.6. The van der Waals surface area contributed by atoms with Gasteiger partial charge < -0.3 is 4.42 Å². The normalized spacial score (nSPS) is 14.4. The molecule has 23 heavy (non-hydrogen) atoms. The van der Waals surface area contributed by atoms with Crippen LogP contribution in [0.25, 0.3) is 21.7 Å². The van der Waals surface area contributed by atoms with Crippen molar-refractivity contribution >= 4 is 21.6 Å². The van der Waals surface area contributed by atoms with Crippen LogP contribution in [-0.2, 0) is 18.3 Å². The van der Waals surface area contributed by atoms with E-state index in [1.165, 1.54) is 16.0 Å². The molecule has 2 heterocycles. The molecular formula is C19H19NO2S. The van der Waals surface area contributed by atoms with E-state index < -0.39 is 0 Å². The van der Waals surface area contributed by atoms with Crippen molar-refractivity contribution in [3.8, 4) is 11.5 Å². The summed E-state index contributed by atoms with van der Waals surface area (Å²) in [6.45, 7) is 6.54. The Kier molecular flexibility index (Phi) is 3.20. The third kappa shape index (κ3) is 2.41. The molecule has 0 aliphatic heterocycles. The topological polar surface area (TPSA) is 43.1 Å². The monoisotopic (exact) mass is 325 g/mol. The highest BCUT2D eigenvalue weighted by atomic mass is 32.1. The highest BCUT2D eigenvalue weighted by Crippen LogP contribution is 2.35. The molecule has 1 aliphatic carbocycles. The fraction of sp³-hybridized carbons (Fsp3) is 0.368. The molecular weight excluding hydrogens is 306 g/mol. The summed E-state index contributed by atoms with van der Waals surface area (Å²) in [7, 11) is 0. The highest BCUT2D eigenvalue weighted by Gasteiger charge is 2.22. The number of fused-ring (bicyclic) bond motifs is 3. The zero-order valence-corrected chi connectivity index (χ0v) is 14.4. The summed E-state index contributed by atoms with van der Waals surface area (Å²) in [5.74, 6) is 0.419. The van der Waals surface area contributed by atoms with E-state index in [1.807, 2.05) is 12.1 Å². The second-order valence-corrected chi connectivity index (χ2v) is 8.25. The van der Waals surface area contributed by atoms with Gasteiger partial charge in [-0.1, -0.05) is 32.9 Å². The van der Waals surface area contributed by atoms with E-state index in [2.05, 4.69) is 37.9 Å². The molecule has 4 heteroatoms. The Bertz CT molecular complexity index is 942. The molecule has 0 bridgehead atoms. The standard InChI is InChI=1S/C19H19NO2S/c1-19(2,3)12-9-7-11(8-10-12)16-20-17-15(18(21)22-16)13-5-4-6-14(13)23-17/h7-10H,4-6H2,1-3H3. The van der Waals surface area contributed by atoms with E-state index in [9.17, 15) is 4.79 Å². The van der Waals surface area contributed by atoms with E-state index in [0.29, 0.717) is 11.3 Å². The maximum absolute atomic E-state index is 12.4. The molecule has 0 radical (unpaired) electrons. The zero-order valence-electron chi connectivity index (χ0n) is 13.6.